The molecule has 0 aromatic carbocycles. The molecule has 0 amide bonds. The summed E-state index contributed by atoms with van der Waals surface area (Å²) in [7, 11) is 1.39. The zero-order chi connectivity index (χ0) is 11.3. The summed E-state index contributed by atoms with van der Waals surface area (Å²) in [5.74, 6) is 0.552. The van der Waals surface area contributed by atoms with Gasteiger partial charge in [-0.05, 0) is 13.5 Å². The highest BCUT2D eigenvalue weighted by atomic mass is 16.5. The van der Waals surface area contributed by atoms with Gasteiger partial charge in [0.1, 0.15) is 5.76 Å². The number of ether oxygens (including phenoxy) is 1. The van der Waals surface area contributed by atoms with E-state index in [4.69, 9.17) is 4.42 Å². The van der Waals surface area contributed by atoms with Crippen LogP contribution in [0, 0.1) is 6.92 Å². The molecule has 1 aromatic heterocycles. The Labute approximate surface area is 89.0 Å². The van der Waals surface area contributed by atoms with E-state index in [-0.39, 0.29) is 12.5 Å². The lowest BCUT2D eigenvalue weighted by molar-refractivity contribution is -0.142. The molecule has 0 spiro atoms. The number of nitrogens with zero attached hydrogens (tertiary/aromatic N) is 2. The van der Waals surface area contributed by atoms with Crippen LogP contribution in [-0.4, -0.2) is 36.1 Å². The summed E-state index contributed by atoms with van der Waals surface area (Å²) in [6.45, 7) is 5.49. The molecule has 84 valence electrons. The second-order valence-electron chi connectivity index (χ2n) is 3.23. The Balaban J connectivity index is 2.54. The Morgan fingerprint density at radius 3 is 2.87 bits per heavy atom. The molecule has 1 aromatic rings. The summed E-state index contributed by atoms with van der Waals surface area (Å²) in [5.41, 5.74) is 0.862. The second kappa shape index (κ2) is 5.50. The summed E-state index contributed by atoms with van der Waals surface area (Å²) in [4.78, 5) is 17.1. The molecule has 0 saturated carbocycles. The fraction of sp³-hybridized carbons (Fsp3) is 0.600. The van der Waals surface area contributed by atoms with E-state index >= 15 is 0 Å². The van der Waals surface area contributed by atoms with Crippen molar-refractivity contribution in [2.45, 2.75) is 20.4 Å². The molecule has 5 heteroatoms. The van der Waals surface area contributed by atoms with Crippen LogP contribution in [0.2, 0.25) is 0 Å². The third kappa shape index (κ3) is 3.36. The van der Waals surface area contributed by atoms with Crippen LogP contribution in [0.3, 0.4) is 0 Å². The molecule has 0 aliphatic carbocycles. The van der Waals surface area contributed by atoms with Gasteiger partial charge in [0.15, 0.2) is 6.39 Å². The fourth-order valence-electron chi connectivity index (χ4n) is 1.22. The van der Waals surface area contributed by atoms with E-state index in [1.54, 1.807) is 0 Å². The number of aromatic nitrogens is 1. The fourth-order valence-corrected chi connectivity index (χ4v) is 1.22. The normalized spacial score (nSPS) is 10.7. The van der Waals surface area contributed by atoms with Gasteiger partial charge in [-0.3, -0.25) is 9.69 Å². The smallest absolute Gasteiger partial charge is 0.319 e. The van der Waals surface area contributed by atoms with Crippen LogP contribution in [0.5, 0.6) is 0 Å². The van der Waals surface area contributed by atoms with E-state index in [0.717, 1.165) is 18.0 Å². The Morgan fingerprint density at radius 1 is 1.67 bits per heavy atom. The average Bonchev–Trinajstić information content (AvgIpc) is 2.63. The molecule has 0 N–H and O–H groups in total. The lowest BCUT2D eigenvalue weighted by Crippen LogP contribution is -2.30. The molecule has 0 aliphatic rings. The number of likely N-dealkylation sites (N-methyl/N-ethyl adjacent to an activating group) is 1. The van der Waals surface area contributed by atoms with Crippen molar-refractivity contribution in [3.8, 4) is 0 Å². The molecule has 0 radical (unpaired) electrons. The maximum absolute atomic E-state index is 11.1. The number of hydrogen-bond acceptors (Lipinski definition) is 5. The molecule has 5 nitrogen and oxygen atoms in total. The molecule has 0 bridgehead atoms. The van der Waals surface area contributed by atoms with Crippen LogP contribution < -0.4 is 0 Å². The SMILES string of the molecule is CCN(CC(=O)OC)Cc1ncoc1C. The van der Waals surface area contributed by atoms with Crippen molar-refractivity contribution in [1.29, 1.82) is 0 Å². The van der Waals surface area contributed by atoms with Gasteiger partial charge in [-0.15, -0.1) is 0 Å². The number of carbonyl (C=O) groups excluding carboxylic acids is 1. The van der Waals surface area contributed by atoms with Gasteiger partial charge < -0.3 is 9.15 Å². The quantitative estimate of drug-likeness (QED) is 0.681. The van der Waals surface area contributed by atoms with Crippen LogP contribution in [0.25, 0.3) is 0 Å². The first-order valence-corrected chi connectivity index (χ1v) is 4.85. The van der Waals surface area contributed by atoms with E-state index in [9.17, 15) is 4.79 Å². The maximum Gasteiger partial charge on any atom is 0.319 e. The number of aryl methyl sites for hydroxylation is 1. The Hall–Kier alpha value is -1.36. The van der Waals surface area contributed by atoms with Crippen molar-refractivity contribution in [2.24, 2.45) is 0 Å². The molecule has 0 aliphatic heterocycles. The molecular formula is C10H16N2O3. The second-order valence-corrected chi connectivity index (χ2v) is 3.23. The van der Waals surface area contributed by atoms with Crippen molar-refractivity contribution < 1.29 is 13.9 Å². The van der Waals surface area contributed by atoms with E-state index in [0.29, 0.717) is 6.54 Å². The van der Waals surface area contributed by atoms with Gasteiger partial charge in [0.25, 0.3) is 0 Å². The van der Waals surface area contributed by atoms with Gasteiger partial charge >= 0.3 is 5.97 Å². The van der Waals surface area contributed by atoms with Crippen LogP contribution in [0.15, 0.2) is 10.8 Å². The lowest BCUT2D eigenvalue weighted by atomic mass is 10.3. The molecule has 0 unspecified atom stereocenters. The zero-order valence-corrected chi connectivity index (χ0v) is 9.32. The number of oxazole rings is 1. The van der Waals surface area contributed by atoms with Gasteiger partial charge in [0.05, 0.1) is 19.3 Å². The van der Waals surface area contributed by atoms with Gasteiger partial charge in [0.2, 0.25) is 0 Å². The number of carbonyl (C=O) groups is 1. The van der Waals surface area contributed by atoms with Gasteiger partial charge in [-0.2, -0.15) is 0 Å². The first-order valence-electron chi connectivity index (χ1n) is 4.85. The van der Waals surface area contributed by atoms with Crippen LogP contribution in [-0.2, 0) is 16.1 Å². The van der Waals surface area contributed by atoms with Crippen molar-refractivity contribution in [3.63, 3.8) is 0 Å². The number of hydrogen-bond donors (Lipinski definition) is 0. The third-order valence-electron chi connectivity index (χ3n) is 2.25. The van der Waals surface area contributed by atoms with Gasteiger partial charge in [-0.1, -0.05) is 6.92 Å². The van der Waals surface area contributed by atoms with Crippen molar-refractivity contribution in [1.82, 2.24) is 9.88 Å². The largest absolute Gasteiger partial charge is 0.468 e. The van der Waals surface area contributed by atoms with Crippen molar-refractivity contribution in [2.75, 3.05) is 20.2 Å². The van der Waals surface area contributed by atoms with E-state index in [2.05, 4.69) is 9.72 Å². The standard InChI is InChI=1S/C10H16N2O3/c1-4-12(6-10(13)14-3)5-9-8(2)15-7-11-9/h7H,4-6H2,1-3H3. The summed E-state index contributed by atoms with van der Waals surface area (Å²) >= 11 is 0. The maximum atomic E-state index is 11.1. The highest BCUT2D eigenvalue weighted by Gasteiger charge is 2.12. The minimum atomic E-state index is -0.238. The van der Waals surface area contributed by atoms with Crippen molar-refractivity contribution >= 4 is 5.97 Å². The summed E-state index contributed by atoms with van der Waals surface area (Å²) in [5, 5.41) is 0. The first kappa shape index (κ1) is 11.7. The highest BCUT2D eigenvalue weighted by molar-refractivity contribution is 5.71. The minimum absolute atomic E-state index is 0.238. The van der Waals surface area contributed by atoms with Gasteiger partial charge in [0, 0.05) is 6.54 Å². The van der Waals surface area contributed by atoms with Crippen molar-refractivity contribution in [3.05, 3.63) is 17.8 Å². The molecule has 1 rings (SSSR count). The molecule has 0 saturated heterocycles. The lowest BCUT2D eigenvalue weighted by Gasteiger charge is -2.17. The number of rotatable bonds is 5. The van der Waals surface area contributed by atoms with E-state index < -0.39 is 0 Å². The monoisotopic (exact) mass is 212 g/mol. The molecule has 1 heterocycles. The zero-order valence-electron chi connectivity index (χ0n) is 9.32. The molecule has 0 atom stereocenters. The summed E-state index contributed by atoms with van der Waals surface area (Å²) < 4.78 is 9.69. The number of esters is 1. The van der Waals surface area contributed by atoms with Gasteiger partial charge in [-0.25, -0.2) is 4.98 Å². The topological polar surface area (TPSA) is 55.6 Å². The number of methoxy groups -OCH3 is 1. The minimum Gasteiger partial charge on any atom is -0.468 e. The third-order valence-corrected chi connectivity index (χ3v) is 2.25. The highest BCUT2D eigenvalue weighted by Crippen LogP contribution is 2.07. The first-order chi connectivity index (χ1) is 7.17. The van der Waals surface area contributed by atoms with E-state index in [1.807, 2.05) is 18.7 Å². The molecular weight excluding hydrogens is 196 g/mol. The van der Waals surface area contributed by atoms with E-state index in [1.165, 1.54) is 13.5 Å². The molecule has 0 fully saturated rings. The predicted octanol–water partition coefficient (Wildman–Crippen LogP) is 0.978. The Morgan fingerprint density at radius 2 is 2.40 bits per heavy atom. The van der Waals surface area contributed by atoms with Crippen LogP contribution in [0.1, 0.15) is 18.4 Å². The summed E-state index contributed by atoms with van der Waals surface area (Å²) in [6, 6.07) is 0. The predicted molar refractivity (Wildman–Crippen MR) is 54.2 cm³/mol. The summed E-state index contributed by atoms with van der Waals surface area (Å²) in [6.07, 6.45) is 1.41. The van der Waals surface area contributed by atoms with Crippen LogP contribution >= 0.6 is 0 Å². The average molecular weight is 212 g/mol. The van der Waals surface area contributed by atoms with Crippen LogP contribution in [0.4, 0.5) is 0 Å². The molecule has 15 heavy (non-hydrogen) atoms. The Bertz CT molecular complexity index is 322. The Kier molecular flexibility index (Phi) is 4.30.